The number of benzene rings is 2. The number of halogens is 3. The zero-order valence-electron chi connectivity index (χ0n) is 12.6. The second-order valence-electron chi connectivity index (χ2n) is 5.32. The Morgan fingerprint density at radius 3 is 2.21 bits per heavy atom. The minimum Gasteiger partial charge on any atom is -0.402 e. The first-order chi connectivity index (χ1) is 11.3. The molecule has 2 aromatic rings. The molecule has 1 heterocycles. The monoisotopic (exact) mass is 331 g/mol. The maximum Gasteiger partial charge on any atom is 0.416 e. The largest absolute Gasteiger partial charge is 0.416 e. The van der Waals surface area contributed by atoms with E-state index in [2.05, 4.69) is 4.99 Å². The van der Waals surface area contributed by atoms with Crippen molar-refractivity contribution in [3.05, 3.63) is 76.5 Å². The van der Waals surface area contributed by atoms with E-state index in [0.29, 0.717) is 11.1 Å². The molecule has 6 heteroatoms. The van der Waals surface area contributed by atoms with E-state index in [1.807, 2.05) is 19.1 Å². The van der Waals surface area contributed by atoms with Crippen molar-refractivity contribution < 1.29 is 22.7 Å². The molecule has 0 saturated carbocycles. The summed E-state index contributed by atoms with van der Waals surface area (Å²) in [6.07, 6.45) is -3.00. The van der Waals surface area contributed by atoms with E-state index in [-0.39, 0.29) is 11.6 Å². The summed E-state index contributed by atoms with van der Waals surface area (Å²) in [5.41, 5.74) is 1.45. The summed E-state index contributed by atoms with van der Waals surface area (Å²) >= 11 is 0. The second-order valence-corrected chi connectivity index (χ2v) is 5.32. The molecule has 122 valence electrons. The molecule has 0 saturated heterocycles. The minimum absolute atomic E-state index is 0.0466. The Balaban J connectivity index is 1.87. The van der Waals surface area contributed by atoms with E-state index in [9.17, 15) is 18.0 Å². The number of aliphatic imine (C=N–C) groups is 1. The quantitative estimate of drug-likeness (QED) is 0.606. The van der Waals surface area contributed by atoms with E-state index < -0.39 is 17.7 Å². The van der Waals surface area contributed by atoms with Crippen LogP contribution in [0.2, 0.25) is 0 Å². The Bertz CT molecular complexity index is 832. The third-order valence-corrected chi connectivity index (χ3v) is 3.46. The first-order valence-corrected chi connectivity index (χ1v) is 7.10. The molecule has 1 aliphatic heterocycles. The lowest BCUT2D eigenvalue weighted by Crippen LogP contribution is -2.05. The first-order valence-electron chi connectivity index (χ1n) is 7.10. The van der Waals surface area contributed by atoms with E-state index in [1.54, 1.807) is 12.1 Å². The lowest BCUT2D eigenvalue weighted by molar-refractivity contribution is -0.137. The highest BCUT2D eigenvalue weighted by Gasteiger charge is 2.30. The van der Waals surface area contributed by atoms with E-state index in [4.69, 9.17) is 4.74 Å². The van der Waals surface area contributed by atoms with Crippen LogP contribution in [0.5, 0.6) is 0 Å². The van der Waals surface area contributed by atoms with Gasteiger partial charge in [-0.05, 0) is 42.8 Å². The van der Waals surface area contributed by atoms with Gasteiger partial charge in [0.2, 0.25) is 5.90 Å². The van der Waals surface area contributed by atoms with Crippen LogP contribution in [0.15, 0.2) is 59.2 Å². The summed E-state index contributed by atoms with van der Waals surface area (Å²) in [6.45, 7) is 1.93. The molecule has 1 aliphatic rings. The van der Waals surface area contributed by atoms with Crippen LogP contribution in [0.3, 0.4) is 0 Å². The van der Waals surface area contributed by atoms with E-state index in [0.717, 1.165) is 17.7 Å². The highest BCUT2D eigenvalue weighted by atomic mass is 19.4. The Morgan fingerprint density at radius 1 is 1.00 bits per heavy atom. The van der Waals surface area contributed by atoms with Crippen molar-refractivity contribution in [1.29, 1.82) is 0 Å². The Kier molecular flexibility index (Phi) is 3.97. The number of hydrogen-bond acceptors (Lipinski definition) is 3. The van der Waals surface area contributed by atoms with E-state index >= 15 is 0 Å². The van der Waals surface area contributed by atoms with Crippen molar-refractivity contribution >= 4 is 17.9 Å². The first kappa shape index (κ1) is 16.0. The van der Waals surface area contributed by atoms with Crippen LogP contribution in [0.25, 0.3) is 6.08 Å². The summed E-state index contributed by atoms with van der Waals surface area (Å²) in [4.78, 5) is 16.0. The van der Waals surface area contributed by atoms with Gasteiger partial charge < -0.3 is 4.74 Å². The molecule has 0 bridgehead atoms. The van der Waals surface area contributed by atoms with Crippen molar-refractivity contribution in [2.45, 2.75) is 13.1 Å². The normalized spacial score (nSPS) is 16.2. The van der Waals surface area contributed by atoms with Gasteiger partial charge in [-0.15, -0.1) is 0 Å². The van der Waals surface area contributed by atoms with Gasteiger partial charge in [0, 0.05) is 5.56 Å². The zero-order valence-corrected chi connectivity index (χ0v) is 12.6. The summed E-state index contributed by atoms with van der Waals surface area (Å²) in [5.74, 6) is -0.455. The molecule has 0 unspecified atom stereocenters. The van der Waals surface area contributed by atoms with E-state index in [1.165, 1.54) is 18.2 Å². The summed E-state index contributed by atoms with van der Waals surface area (Å²) in [7, 11) is 0. The number of rotatable bonds is 2. The van der Waals surface area contributed by atoms with Crippen LogP contribution in [0.1, 0.15) is 22.3 Å². The van der Waals surface area contributed by atoms with Crippen LogP contribution in [0.4, 0.5) is 13.2 Å². The van der Waals surface area contributed by atoms with Crippen molar-refractivity contribution in [1.82, 2.24) is 0 Å². The van der Waals surface area contributed by atoms with Gasteiger partial charge in [0.05, 0.1) is 5.56 Å². The van der Waals surface area contributed by atoms with Crippen LogP contribution in [-0.4, -0.2) is 11.9 Å². The molecule has 0 N–H and O–H groups in total. The molecule has 0 spiro atoms. The SMILES string of the molecule is Cc1ccc(C2=N/C(=C\c3ccc(C(F)(F)F)cc3)C(=O)O2)cc1. The van der Waals surface area contributed by atoms with Crippen LogP contribution >= 0.6 is 0 Å². The number of cyclic esters (lactones) is 1. The number of carbonyl (C=O) groups excluding carboxylic acids is 1. The molecule has 3 rings (SSSR count). The maximum atomic E-state index is 12.5. The van der Waals surface area contributed by atoms with Crippen molar-refractivity contribution in [3.8, 4) is 0 Å². The molecule has 0 radical (unpaired) electrons. The van der Waals surface area contributed by atoms with Crippen molar-refractivity contribution in [2.75, 3.05) is 0 Å². The lowest BCUT2D eigenvalue weighted by atomic mass is 10.1. The molecular formula is C18H12F3NO2. The lowest BCUT2D eigenvalue weighted by Gasteiger charge is -2.05. The highest BCUT2D eigenvalue weighted by Crippen LogP contribution is 2.29. The van der Waals surface area contributed by atoms with Gasteiger partial charge in [-0.3, -0.25) is 0 Å². The summed E-state index contributed by atoms with van der Waals surface area (Å²) < 4.78 is 42.7. The third kappa shape index (κ3) is 3.37. The fourth-order valence-electron chi connectivity index (χ4n) is 2.15. The molecule has 0 atom stereocenters. The average Bonchev–Trinajstić information content (AvgIpc) is 2.89. The van der Waals surface area contributed by atoms with Gasteiger partial charge in [-0.2, -0.15) is 13.2 Å². The molecule has 0 aromatic heterocycles. The average molecular weight is 331 g/mol. The smallest absolute Gasteiger partial charge is 0.402 e. The Labute approximate surface area is 136 Å². The molecule has 2 aromatic carbocycles. The molecule has 24 heavy (non-hydrogen) atoms. The summed E-state index contributed by atoms with van der Waals surface area (Å²) in [6, 6.07) is 11.8. The molecule has 0 aliphatic carbocycles. The molecule has 0 fully saturated rings. The topological polar surface area (TPSA) is 38.7 Å². The van der Waals surface area contributed by atoms with Gasteiger partial charge in [-0.25, -0.2) is 9.79 Å². The van der Waals surface area contributed by atoms with Gasteiger partial charge in [0.15, 0.2) is 5.70 Å². The summed E-state index contributed by atoms with van der Waals surface area (Å²) in [5, 5.41) is 0. The minimum atomic E-state index is -4.39. The number of carbonyl (C=O) groups is 1. The van der Waals surface area contributed by atoms with Gasteiger partial charge in [0.1, 0.15) is 0 Å². The van der Waals surface area contributed by atoms with Crippen molar-refractivity contribution in [3.63, 3.8) is 0 Å². The molecule has 3 nitrogen and oxygen atoms in total. The number of alkyl halides is 3. The predicted octanol–water partition coefficient (Wildman–Crippen LogP) is 4.36. The molecule has 0 amide bonds. The number of ether oxygens (including phenoxy) is 1. The third-order valence-electron chi connectivity index (χ3n) is 3.46. The van der Waals surface area contributed by atoms with Crippen LogP contribution in [-0.2, 0) is 15.7 Å². The Morgan fingerprint density at radius 2 is 1.62 bits per heavy atom. The number of hydrogen-bond donors (Lipinski definition) is 0. The van der Waals surface area contributed by atoms with Crippen LogP contribution in [0, 0.1) is 6.92 Å². The van der Waals surface area contributed by atoms with Gasteiger partial charge in [-0.1, -0.05) is 29.8 Å². The second kappa shape index (κ2) is 5.96. The zero-order chi connectivity index (χ0) is 17.3. The number of aryl methyl sites for hydroxylation is 1. The number of nitrogens with zero attached hydrogens (tertiary/aromatic N) is 1. The predicted molar refractivity (Wildman–Crippen MR) is 83.2 cm³/mol. The molecular weight excluding hydrogens is 319 g/mol. The fourth-order valence-corrected chi connectivity index (χ4v) is 2.15. The van der Waals surface area contributed by atoms with Gasteiger partial charge in [0.25, 0.3) is 0 Å². The standard InChI is InChI=1S/C18H12F3NO2/c1-11-2-6-13(7-3-11)16-22-15(17(23)24-16)10-12-4-8-14(9-5-12)18(19,20)21/h2-10H,1H3/b15-10-. The van der Waals surface area contributed by atoms with Crippen molar-refractivity contribution in [2.24, 2.45) is 4.99 Å². The maximum absolute atomic E-state index is 12.5. The fraction of sp³-hybridized carbons (Fsp3) is 0.111. The van der Waals surface area contributed by atoms with Gasteiger partial charge >= 0.3 is 12.1 Å². The highest BCUT2D eigenvalue weighted by molar-refractivity contribution is 6.12. The number of esters is 1. The Hall–Kier alpha value is -2.89. The van der Waals surface area contributed by atoms with Crippen LogP contribution < -0.4 is 0 Å².